The molecule has 2 aromatic carbocycles. The van der Waals surface area contributed by atoms with Crippen LogP contribution in [0.2, 0.25) is 0 Å². The topological polar surface area (TPSA) is 33.1 Å². The smallest absolute Gasteiger partial charge is 0.105 e. The minimum absolute atomic E-state index is 0.623. The number of hydrogen-bond acceptors (Lipinski definition) is 2. The number of rotatable bonds is 2. The molecule has 20 heavy (non-hydrogen) atoms. The van der Waals surface area contributed by atoms with E-state index in [1.54, 1.807) is 6.20 Å². The first-order valence-electron chi connectivity index (χ1n) is 6.75. The Morgan fingerprint density at radius 1 is 0.950 bits per heavy atom. The number of hydrogen-bond donors (Lipinski definition) is 1. The summed E-state index contributed by atoms with van der Waals surface area (Å²) in [5.74, 6) is 0. The van der Waals surface area contributed by atoms with Gasteiger partial charge in [0, 0.05) is 11.6 Å². The van der Waals surface area contributed by atoms with Crippen LogP contribution in [0.15, 0.2) is 54.7 Å². The van der Waals surface area contributed by atoms with E-state index >= 15 is 0 Å². The first-order chi connectivity index (χ1) is 9.66. The maximum Gasteiger partial charge on any atom is 0.105 e. The summed E-state index contributed by atoms with van der Waals surface area (Å²) in [6.07, 6.45) is 1.15. The number of nitrogens with zero attached hydrogens (tertiary/aromatic N) is 1. The zero-order chi connectivity index (χ0) is 14.1. The lowest BCUT2D eigenvalue weighted by Gasteiger charge is -2.15. The molecule has 1 unspecified atom stereocenters. The molecule has 0 radical (unpaired) electrons. The van der Waals surface area contributed by atoms with Crippen molar-refractivity contribution < 1.29 is 5.11 Å². The molecule has 0 fully saturated rings. The summed E-state index contributed by atoms with van der Waals surface area (Å²) in [5, 5.41) is 11.7. The monoisotopic (exact) mass is 263 g/mol. The summed E-state index contributed by atoms with van der Waals surface area (Å²) >= 11 is 0. The highest BCUT2D eigenvalue weighted by Crippen LogP contribution is 2.28. The zero-order valence-electron chi connectivity index (χ0n) is 11.7. The van der Waals surface area contributed by atoms with Gasteiger partial charge < -0.3 is 5.11 Å². The average Bonchev–Trinajstić information content (AvgIpc) is 2.49. The van der Waals surface area contributed by atoms with Crippen LogP contribution in [0.5, 0.6) is 0 Å². The molecule has 2 nitrogen and oxygen atoms in total. The molecular formula is C18H17NO. The predicted octanol–water partition coefficient (Wildman–Crippen LogP) is 3.93. The molecule has 3 aromatic rings. The Morgan fingerprint density at radius 3 is 2.60 bits per heavy atom. The van der Waals surface area contributed by atoms with Crippen LogP contribution in [0.25, 0.3) is 10.9 Å². The predicted molar refractivity (Wildman–Crippen MR) is 81.7 cm³/mol. The highest BCUT2D eigenvalue weighted by atomic mass is 16.3. The summed E-state index contributed by atoms with van der Waals surface area (Å²) < 4.78 is 0. The SMILES string of the molecule is Cc1ccc(C(O)c2cccc3ncccc23)cc1C. The molecular weight excluding hydrogens is 246 g/mol. The largest absolute Gasteiger partial charge is 0.384 e. The van der Waals surface area contributed by atoms with E-state index in [1.165, 1.54) is 11.1 Å². The van der Waals surface area contributed by atoms with Gasteiger partial charge >= 0.3 is 0 Å². The van der Waals surface area contributed by atoms with Gasteiger partial charge in [-0.15, -0.1) is 0 Å². The van der Waals surface area contributed by atoms with Gasteiger partial charge in [-0.1, -0.05) is 36.4 Å². The molecule has 0 aliphatic rings. The molecule has 0 saturated carbocycles. The molecule has 0 amide bonds. The van der Waals surface area contributed by atoms with E-state index < -0.39 is 6.10 Å². The number of pyridine rings is 1. The van der Waals surface area contributed by atoms with Gasteiger partial charge in [0.25, 0.3) is 0 Å². The maximum atomic E-state index is 10.7. The highest BCUT2D eigenvalue weighted by Gasteiger charge is 2.14. The number of benzene rings is 2. The Morgan fingerprint density at radius 2 is 1.80 bits per heavy atom. The summed E-state index contributed by atoms with van der Waals surface area (Å²) in [4.78, 5) is 4.34. The molecule has 0 bridgehead atoms. The summed E-state index contributed by atoms with van der Waals surface area (Å²) in [5.41, 5.74) is 5.16. The van der Waals surface area contributed by atoms with Gasteiger partial charge in [0.05, 0.1) is 5.52 Å². The maximum absolute atomic E-state index is 10.7. The van der Waals surface area contributed by atoms with Crippen LogP contribution in [0.1, 0.15) is 28.4 Å². The first kappa shape index (κ1) is 12.8. The molecule has 100 valence electrons. The first-order valence-corrected chi connectivity index (χ1v) is 6.75. The van der Waals surface area contributed by atoms with Gasteiger partial charge in [-0.3, -0.25) is 4.98 Å². The number of aliphatic hydroxyl groups is 1. The van der Waals surface area contributed by atoms with Crippen LogP contribution in [0.4, 0.5) is 0 Å². The van der Waals surface area contributed by atoms with E-state index in [2.05, 4.69) is 31.0 Å². The van der Waals surface area contributed by atoms with Gasteiger partial charge in [0.2, 0.25) is 0 Å². The van der Waals surface area contributed by atoms with Crippen LogP contribution >= 0.6 is 0 Å². The number of aryl methyl sites for hydroxylation is 2. The second kappa shape index (κ2) is 5.06. The molecule has 1 N–H and O–H groups in total. The van der Waals surface area contributed by atoms with Crippen molar-refractivity contribution in [2.24, 2.45) is 0 Å². The fourth-order valence-electron chi connectivity index (χ4n) is 2.48. The quantitative estimate of drug-likeness (QED) is 0.760. The Bertz CT molecular complexity index is 759. The zero-order valence-corrected chi connectivity index (χ0v) is 11.7. The Labute approximate surface area is 118 Å². The number of aromatic nitrogens is 1. The summed E-state index contributed by atoms with van der Waals surface area (Å²) in [6.45, 7) is 4.14. The van der Waals surface area contributed by atoms with Crippen LogP contribution in [0.3, 0.4) is 0 Å². The lowest BCUT2D eigenvalue weighted by atomic mass is 9.95. The van der Waals surface area contributed by atoms with Crippen LogP contribution in [0, 0.1) is 13.8 Å². The van der Waals surface area contributed by atoms with Gasteiger partial charge in [0.15, 0.2) is 0 Å². The third kappa shape index (κ3) is 2.19. The van der Waals surface area contributed by atoms with E-state index in [-0.39, 0.29) is 0 Å². The Kier molecular flexibility index (Phi) is 3.25. The number of fused-ring (bicyclic) bond motifs is 1. The van der Waals surface area contributed by atoms with Gasteiger partial charge in [-0.2, -0.15) is 0 Å². The molecule has 1 atom stereocenters. The second-order valence-electron chi connectivity index (χ2n) is 5.16. The van der Waals surface area contributed by atoms with E-state index in [1.807, 2.05) is 36.4 Å². The Hall–Kier alpha value is -2.19. The second-order valence-corrected chi connectivity index (χ2v) is 5.16. The van der Waals surface area contributed by atoms with Crippen molar-refractivity contribution in [3.8, 4) is 0 Å². The van der Waals surface area contributed by atoms with E-state index in [9.17, 15) is 5.11 Å². The molecule has 0 spiro atoms. The molecule has 1 aromatic heterocycles. The minimum Gasteiger partial charge on any atom is -0.384 e. The standard InChI is InChI=1S/C18H17NO/c1-12-8-9-14(11-13(12)2)18(20)16-5-3-7-17-15(16)6-4-10-19-17/h3-11,18,20H,1-2H3. The van der Waals surface area contributed by atoms with E-state index in [0.29, 0.717) is 0 Å². The molecule has 2 heteroatoms. The van der Waals surface area contributed by atoms with Crippen molar-refractivity contribution in [2.75, 3.05) is 0 Å². The van der Waals surface area contributed by atoms with E-state index in [0.717, 1.165) is 22.0 Å². The molecule has 0 saturated heterocycles. The summed E-state index contributed by atoms with van der Waals surface area (Å²) in [7, 11) is 0. The highest BCUT2D eigenvalue weighted by molar-refractivity contribution is 5.82. The number of aliphatic hydroxyl groups excluding tert-OH is 1. The fourth-order valence-corrected chi connectivity index (χ4v) is 2.48. The lowest BCUT2D eigenvalue weighted by molar-refractivity contribution is 0.222. The van der Waals surface area contributed by atoms with Gasteiger partial charge in [-0.05, 0) is 48.2 Å². The summed E-state index contributed by atoms with van der Waals surface area (Å²) in [6, 6.07) is 15.9. The van der Waals surface area contributed by atoms with Crippen molar-refractivity contribution in [1.29, 1.82) is 0 Å². The van der Waals surface area contributed by atoms with Crippen molar-refractivity contribution in [1.82, 2.24) is 4.98 Å². The van der Waals surface area contributed by atoms with Gasteiger partial charge in [-0.25, -0.2) is 0 Å². The van der Waals surface area contributed by atoms with Crippen molar-refractivity contribution in [3.63, 3.8) is 0 Å². The third-order valence-electron chi connectivity index (χ3n) is 3.82. The molecule has 1 heterocycles. The van der Waals surface area contributed by atoms with Crippen LogP contribution in [-0.2, 0) is 0 Å². The lowest BCUT2D eigenvalue weighted by Crippen LogP contribution is -2.01. The normalized spacial score (nSPS) is 12.6. The van der Waals surface area contributed by atoms with E-state index in [4.69, 9.17) is 0 Å². The van der Waals surface area contributed by atoms with Crippen molar-refractivity contribution in [2.45, 2.75) is 20.0 Å². The van der Waals surface area contributed by atoms with Crippen LogP contribution < -0.4 is 0 Å². The van der Waals surface area contributed by atoms with Crippen molar-refractivity contribution >= 4 is 10.9 Å². The Balaban J connectivity index is 2.12. The van der Waals surface area contributed by atoms with Crippen LogP contribution in [-0.4, -0.2) is 10.1 Å². The van der Waals surface area contributed by atoms with Crippen molar-refractivity contribution in [3.05, 3.63) is 77.0 Å². The molecule has 3 rings (SSSR count). The minimum atomic E-state index is -0.623. The average molecular weight is 263 g/mol. The van der Waals surface area contributed by atoms with Gasteiger partial charge in [0.1, 0.15) is 6.10 Å². The molecule has 0 aliphatic heterocycles. The fraction of sp³-hybridized carbons (Fsp3) is 0.167. The molecule has 0 aliphatic carbocycles. The third-order valence-corrected chi connectivity index (χ3v) is 3.82.